The average Bonchev–Trinajstić information content (AvgIpc) is 3.07. The van der Waals surface area contributed by atoms with E-state index in [-0.39, 0.29) is 18.1 Å². The van der Waals surface area contributed by atoms with Gasteiger partial charge in [0.2, 0.25) is 0 Å². The Labute approximate surface area is 137 Å². The van der Waals surface area contributed by atoms with Gasteiger partial charge in [-0.25, -0.2) is 4.39 Å². The van der Waals surface area contributed by atoms with Crippen molar-refractivity contribution in [3.63, 3.8) is 0 Å². The molecule has 0 spiro atoms. The van der Waals surface area contributed by atoms with Crippen LogP contribution in [0.5, 0.6) is 0 Å². The van der Waals surface area contributed by atoms with E-state index in [1.807, 2.05) is 13.0 Å². The molecule has 2 aromatic carbocycles. The molecule has 0 unspecified atom stereocenters. The molecule has 0 aliphatic heterocycles. The van der Waals surface area contributed by atoms with E-state index in [1.54, 1.807) is 24.3 Å². The number of rotatable bonds is 4. The number of halogens is 1. The third-order valence-electron chi connectivity index (χ3n) is 3.60. The number of hydrogen-bond acceptors (Lipinski definition) is 4. The van der Waals surface area contributed by atoms with Crippen molar-refractivity contribution in [1.29, 1.82) is 0 Å². The smallest absolute Gasteiger partial charge is 0.277 e. The molecule has 3 aromatic rings. The zero-order valence-corrected chi connectivity index (χ0v) is 12.9. The predicted octanol–water partition coefficient (Wildman–Crippen LogP) is 3.53. The van der Waals surface area contributed by atoms with Gasteiger partial charge in [0.25, 0.3) is 5.91 Å². The summed E-state index contributed by atoms with van der Waals surface area (Å²) in [5, 5.41) is 15.7. The van der Waals surface area contributed by atoms with Crippen molar-refractivity contribution in [3.8, 4) is 11.3 Å². The molecule has 1 heterocycles. The van der Waals surface area contributed by atoms with Crippen molar-refractivity contribution >= 4 is 11.6 Å². The Morgan fingerprint density at radius 3 is 2.67 bits per heavy atom. The number of aliphatic hydroxyl groups is 1. The average molecular weight is 326 g/mol. The van der Waals surface area contributed by atoms with Crippen molar-refractivity contribution < 1.29 is 18.8 Å². The van der Waals surface area contributed by atoms with Crippen LogP contribution in [0.4, 0.5) is 10.1 Å². The van der Waals surface area contributed by atoms with Gasteiger partial charge in [0.05, 0.1) is 6.61 Å². The molecule has 0 radical (unpaired) electrons. The minimum absolute atomic E-state index is 0.109. The first-order chi connectivity index (χ1) is 11.6. The third-order valence-corrected chi connectivity index (χ3v) is 3.60. The van der Waals surface area contributed by atoms with E-state index in [0.717, 1.165) is 5.56 Å². The largest absolute Gasteiger partial charge is 0.392 e. The Hall–Kier alpha value is -2.99. The summed E-state index contributed by atoms with van der Waals surface area (Å²) in [6, 6.07) is 12.5. The first-order valence-electron chi connectivity index (χ1n) is 7.31. The lowest BCUT2D eigenvalue weighted by atomic mass is 10.1. The Kier molecular flexibility index (Phi) is 4.39. The third kappa shape index (κ3) is 3.33. The second kappa shape index (κ2) is 6.64. The monoisotopic (exact) mass is 326 g/mol. The number of benzene rings is 2. The molecule has 5 nitrogen and oxygen atoms in total. The highest BCUT2D eigenvalue weighted by Crippen LogP contribution is 2.22. The normalized spacial score (nSPS) is 10.6. The number of hydrogen-bond donors (Lipinski definition) is 2. The maximum atomic E-state index is 12.9. The fourth-order valence-corrected chi connectivity index (χ4v) is 2.22. The lowest BCUT2D eigenvalue weighted by Crippen LogP contribution is -2.13. The highest BCUT2D eigenvalue weighted by molar-refractivity contribution is 6.03. The lowest BCUT2D eigenvalue weighted by molar-refractivity contribution is 0.101. The van der Waals surface area contributed by atoms with E-state index < -0.39 is 5.91 Å². The summed E-state index contributed by atoms with van der Waals surface area (Å²) in [7, 11) is 0. The quantitative estimate of drug-likeness (QED) is 0.769. The van der Waals surface area contributed by atoms with E-state index in [9.17, 15) is 14.3 Å². The van der Waals surface area contributed by atoms with Gasteiger partial charge in [0.1, 0.15) is 5.82 Å². The van der Waals surface area contributed by atoms with Gasteiger partial charge in [-0.15, -0.1) is 0 Å². The SMILES string of the molecule is Cc1ccc(CO)cc1NC(=O)c1cc(-c2ccc(F)cc2)on1. The van der Waals surface area contributed by atoms with Crippen LogP contribution in [0.25, 0.3) is 11.3 Å². The fourth-order valence-electron chi connectivity index (χ4n) is 2.22. The van der Waals surface area contributed by atoms with Gasteiger partial charge in [-0.1, -0.05) is 17.3 Å². The highest BCUT2D eigenvalue weighted by atomic mass is 19.1. The Morgan fingerprint density at radius 1 is 1.21 bits per heavy atom. The number of amides is 1. The van der Waals surface area contributed by atoms with Gasteiger partial charge in [0, 0.05) is 17.3 Å². The fraction of sp³-hybridized carbons (Fsp3) is 0.111. The van der Waals surface area contributed by atoms with Crippen LogP contribution < -0.4 is 5.32 Å². The summed E-state index contributed by atoms with van der Waals surface area (Å²) in [5.41, 5.74) is 2.90. The second-order valence-corrected chi connectivity index (χ2v) is 5.34. The minimum Gasteiger partial charge on any atom is -0.392 e. The van der Waals surface area contributed by atoms with Gasteiger partial charge < -0.3 is 14.9 Å². The summed E-state index contributed by atoms with van der Waals surface area (Å²) in [6.07, 6.45) is 0. The Balaban J connectivity index is 1.80. The Bertz CT molecular complexity index is 872. The van der Waals surface area contributed by atoms with Crippen LogP contribution in [0.1, 0.15) is 21.6 Å². The standard InChI is InChI=1S/C18H15FN2O3/c1-11-2-3-12(10-22)8-15(11)20-18(23)16-9-17(24-21-16)13-4-6-14(19)7-5-13/h2-9,22H,10H2,1H3,(H,20,23). The number of nitrogens with one attached hydrogen (secondary N) is 1. The molecule has 122 valence electrons. The first-order valence-corrected chi connectivity index (χ1v) is 7.31. The molecule has 0 bridgehead atoms. The van der Waals surface area contributed by atoms with Gasteiger partial charge >= 0.3 is 0 Å². The molecule has 6 heteroatoms. The van der Waals surface area contributed by atoms with Crippen LogP contribution in [0.3, 0.4) is 0 Å². The molecular weight excluding hydrogens is 311 g/mol. The molecule has 0 saturated carbocycles. The summed E-state index contributed by atoms with van der Waals surface area (Å²) < 4.78 is 18.1. The van der Waals surface area contributed by atoms with Crippen molar-refractivity contribution in [3.05, 3.63) is 71.2 Å². The molecule has 1 amide bonds. The first kappa shape index (κ1) is 15.9. The summed E-state index contributed by atoms with van der Waals surface area (Å²) in [5.74, 6) is -0.401. The van der Waals surface area contributed by atoms with Crippen LogP contribution in [0, 0.1) is 12.7 Å². The zero-order valence-electron chi connectivity index (χ0n) is 12.9. The molecule has 0 fully saturated rings. The van der Waals surface area contributed by atoms with Gasteiger partial charge in [-0.2, -0.15) is 0 Å². The minimum atomic E-state index is -0.426. The van der Waals surface area contributed by atoms with E-state index in [4.69, 9.17) is 4.52 Å². The summed E-state index contributed by atoms with van der Waals surface area (Å²) in [6.45, 7) is 1.74. The van der Waals surface area contributed by atoms with Crippen LogP contribution in [-0.4, -0.2) is 16.2 Å². The van der Waals surface area contributed by atoms with E-state index >= 15 is 0 Å². The summed E-state index contributed by atoms with van der Waals surface area (Å²) in [4.78, 5) is 12.3. The van der Waals surface area contributed by atoms with Crippen molar-refractivity contribution in [2.75, 3.05) is 5.32 Å². The van der Waals surface area contributed by atoms with Gasteiger partial charge in [-0.05, 0) is 48.4 Å². The molecule has 0 saturated heterocycles. The van der Waals surface area contributed by atoms with Crippen LogP contribution >= 0.6 is 0 Å². The molecular formula is C18H15FN2O3. The molecule has 24 heavy (non-hydrogen) atoms. The maximum absolute atomic E-state index is 12.9. The second-order valence-electron chi connectivity index (χ2n) is 5.34. The topological polar surface area (TPSA) is 75.4 Å². The molecule has 0 atom stereocenters. The number of anilines is 1. The number of carbonyl (C=O) groups is 1. The van der Waals surface area contributed by atoms with Crippen LogP contribution in [0.2, 0.25) is 0 Å². The molecule has 3 rings (SSSR count). The lowest BCUT2D eigenvalue weighted by Gasteiger charge is -2.08. The number of carbonyl (C=O) groups excluding carboxylic acids is 1. The van der Waals surface area contributed by atoms with Gasteiger partial charge in [0.15, 0.2) is 11.5 Å². The number of nitrogens with zero attached hydrogens (tertiary/aromatic N) is 1. The Morgan fingerprint density at radius 2 is 1.96 bits per heavy atom. The van der Waals surface area contributed by atoms with Crippen molar-refractivity contribution in [2.24, 2.45) is 0 Å². The number of aryl methyl sites for hydroxylation is 1. The zero-order chi connectivity index (χ0) is 17.1. The molecule has 0 aliphatic rings. The maximum Gasteiger partial charge on any atom is 0.277 e. The van der Waals surface area contributed by atoms with Crippen LogP contribution in [0.15, 0.2) is 53.1 Å². The molecule has 1 aromatic heterocycles. The van der Waals surface area contributed by atoms with E-state index in [0.29, 0.717) is 22.6 Å². The molecule has 2 N–H and O–H groups in total. The van der Waals surface area contributed by atoms with Crippen molar-refractivity contribution in [2.45, 2.75) is 13.5 Å². The van der Waals surface area contributed by atoms with E-state index in [1.165, 1.54) is 18.2 Å². The predicted molar refractivity (Wildman–Crippen MR) is 87.0 cm³/mol. The molecule has 0 aliphatic carbocycles. The summed E-state index contributed by atoms with van der Waals surface area (Å²) >= 11 is 0. The number of aliphatic hydroxyl groups excluding tert-OH is 1. The highest BCUT2D eigenvalue weighted by Gasteiger charge is 2.15. The van der Waals surface area contributed by atoms with E-state index in [2.05, 4.69) is 10.5 Å². The van der Waals surface area contributed by atoms with Crippen LogP contribution in [-0.2, 0) is 6.61 Å². The number of aromatic nitrogens is 1. The van der Waals surface area contributed by atoms with Crippen molar-refractivity contribution in [1.82, 2.24) is 5.16 Å². The van der Waals surface area contributed by atoms with Gasteiger partial charge in [-0.3, -0.25) is 4.79 Å².